The summed E-state index contributed by atoms with van der Waals surface area (Å²) in [4.78, 5) is 42.2. The zero-order valence-corrected chi connectivity index (χ0v) is 31.0. The highest BCUT2D eigenvalue weighted by Crippen LogP contribution is 2.28. The number of rotatable bonds is 12. The number of benzene rings is 3. The van der Waals surface area contributed by atoms with Crippen LogP contribution in [-0.2, 0) is 16.0 Å². The number of methoxy groups -OCH3 is 2. The summed E-state index contributed by atoms with van der Waals surface area (Å²) in [5.41, 5.74) is 4.05. The van der Waals surface area contributed by atoms with Gasteiger partial charge in [-0.05, 0) is 37.8 Å². The summed E-state index contributed by atoms with van der Waals surface area (Å²) in [5.74, 6) is 1.82. The van der Waals surface area contributed by atoms with Gasteiger partial charge in [-0.25, -0.2) is 29.5 Å². The molecule has 7 rings (SSSR count). The molecule has 54 heavy (non-hydrogen) atoms. The van der Waals surface area contributed by atoms with Crippen LogP contribution in [0, 0.1) is 0 Å². The summed E-state index contributed by atoms with van der Waals surface area (Å²) >= 11 is 1.44. The Hall–Kier alpha value is -6.55. The molecule has 3 aromatic carbocycles. The zero-order chi connectivity index (χ0) is 38.0. The normalized spacial score (nSPS) is 10.8. The van der Waals surface area contributed by atoms with Gasteiger partial charge in [0.1, 0.15) is 11.1 Å². The molecule has 16 heteroatoms. The maximum atomic E-state index is 12.4. The fourth-order valence-electron chi connectivity index (χ4n) is 5.28. The van der Waals surface area contributed by atoms with E-state index in [0.717, 1.165) is 16.7 Å². The Balaban J connectivity index is 0.000000197. The number of nitrogens with one attached hydrogen (secondary N) is 1. The van der Waals surface area contributed by atoms with Gasteiger partial charge in [-0.2, -0.15) is 9.03 Å². The summed E-state index contributed by atoms with van der Waals surface area (Å²) in [6.07, 6.45) is 4.84. The van der Waals surface area contributed by atoms with Gasteiger partial charge in [0.25, 0.3) is 0 Å². The first-order valence-electron chi connectivity index (χ1n) is 16.8. The Labute approximate surface area is 314 Å². The number of anilines is 1. The number of thioether (sulfide) groups is 1. The van der Waals surface area contributed by atoms with Crippen LogP contribution in [0.15, 0.2) is 96.4 Å². The number of ether oxygens (including phenoxy) is 4. The molecule has 0 aliphatic rings. The van der Waals surface area contributed by atoms with Gasteiger partial charge in [-0.15, -0.1) is 10.2 Å². The van der Waals surface area contributed by atoms with Gasteiger partial charge in [-0.1, -0.05) is 78.5 Å². The van der Waals surface area contributed by atoms with Crippen LogP contribution < -0.4 is 14.8 Å². The van der Waals surface area contributed by atoms with Gasteiger partial charge in [0.05, 0.1) is 27.4 Å². The third kappa shape index (κ3) is 8.08. The molecule has 276 valence electrons. The van der Waals surface area contributed by atoms with E-state index in [9.17, 15) is 9.59 Å². The van der Waals surface area contributed by atoms with Crippen LogP contribution in [0.1, 0.15) is 40.1 Å². The standard InChI is InChI=1S/C23H23N5O4.C15H14N4O2S/c1-4-32-22(29)17-14-25-23(24-13-15-10-11-18(30-2)19(12-15)31-3)28-21(17)26-20(27-28)16-8-6-5-7-9-16;1-3-21-14(20)11-9-16-15(22-2)19-13(11)17-12(18-19)10-7-5-4-6-8-10/h5-12,14H,4,13H2,1-3H3,(H,24,25);4-9H,3H2,1-2H3. The molecule has 0 amide bonds. The van der Waals surface area contributed by atoms with Gasteiger partial charge in [0.2, 0.25) is 5.95 Å². The third-order valence-corrected chi connectivity index (χ3v) is 8.48. The van der Waals surface area contributed by atoms with Crippen molar-refractivity contribution in [3.8, 4) is 34.3 Å². The van der Waals surface area contributed by atoms with Gasteiger partial charge < -0.3 is 24.3 Å². The molecule has 0 bridgehead atoms. The number of fused-ring (bicyclic) bond motifs is 2. The molecular formula is C38H37N9O6S. The lowest BCUT2D eigenvalue weighted by atomic mass is 10.2. The molecule has 0 spiro atoms. The van der Waals surface area contributed by atoms with Crippen LogP contribution >= 0.6 is 11.8 Å². The van der Waals surface area contributed by atoms with Crippen molar-refractivity contribution in [1.29, 1.82) is 0 Å². The van der Waals surface area contributed by atoms with Crippen LogP contribution in [0.2, 0.25) is 0 Å². The minimum absolute atomic E-state index is 0.248. The maximum absolute atomic E-state index is 12.4. The second-order valence-corrected chi connectivity index (χ2v) is 12.0. The van der Waals surface area contributed by atoms with E-state index in [1.165, 1.54) is 28.7 Å². The number of carbonyl (C=O) groups excluding carboxylic acids is 2. The molecule has 0 radical (unpaired) electrons. The van der Waals surface area contributed by atoms with E-state index in [-0.39, 0.29) is 12.2 Å². The molecule has 1 N–H and O–H groups in total. The monoisotopic (exact) mass is 747 g/mol. The molecule has 0 saturated heterocycles. The van der Waals surface area contributed by atoms with Crippen LogP contribution in [0.4, 0.5) is 5.95 Å². The molecule has 15 nitrogen and oxygen atoms in total. The second-order valence-electron chi connectivity index (χ2n) is 11.2. The summed E-state index contributed by atoms with van der Waals surface area (Å²) in [5, 5.41) is 13.0. The number of carbonyl (C=O) groups is 2. The van der Waals surface area contributed by atoms with Gasteiger partial charge in [0.15, 0.2) is 39.6 Å². The zero-order valence-electron chi connectivity index (χ0n) is 30.2. The smallest absolute Gasteiger partial charge is 0.343 e. The highest BCUT2D eigenvalue weighted by Gasteiger charge is 2.21. The number of nitrogens with zero attached hydrogens (tertiary/aromatic N) is 8. The van der Waals surface area contributed by atoms with Gasteiger partial charge in [-0.3, -0.25) is 0 Å². The largest absolute Gasteiger partial charge is 0.493 e. The SMILES string of the molecule is CCOC(=O)c1cnc(NCc2ccc(OC)c(OC)c2)n2nc(-c3ccccc3)nc12.CCOC(=O)c1cnc(SC)n2nc(-c3ccccc3)nc12. The Morgan fingerprint density at radius 2 is 1.24 bits per heavy atom. The predicted molar refractivity (Wildman–Crippen MR) is 203 cm³/mol. The Bertz CT molecular complexity index is 2390. The van der Waals surface area contributed by atoms with Crippen LogP contribution in [0.5, 0.6) is 11.5 Å². The van der Waals surface area contributed by atoms with Crippen LogP contribution in [0.25, 0.3) is 34.1 Å². The summed E-state index contributed by atoms with van der Waals surface area (Å²) < 4.78 is 24.0. The van der Waals surface area contributed by atoms with Crippen LogP contribution in [-0.4, -0.2) is 84.8 Å². The van der Waals surface area contributed by atoms with Crippen molar-refractivity contribution < 1.29 is 28.5 Å². The molecule has 7 aromatic rings. The van der Waals surface area contributed by atoms with Crippen molar-refractivity contribution in [3.05, 3.63) is 108 Å². The highest BCUT2D eigenvalue weighted by molar-refractivity contribution is 7.98. The van der Waals surface area contributed by atoms with Crippen molar-refractivity contribution in [2.75, 3.05) is 39.0 Å². The highest BCUT2D eigenvalue weighted by atomic mass is 32.2. The number of hydrogen-bond donors (Lipinski definition) is 1. The van der Waals surface area contributed by atoms with E-state index in [0.29, 0.717) is 64.3 Å². The molecule has 0 fully saturated rings. The minimum atomic E-state index is -0.497. The Kier molecular flexibility index (Phi) is 11.9. The molecule has 0 unspecified atom stereocenters. The lowest BCUT2D eigenvalue weighted by Crippen LogP contribution is -2.12. The first-order valence-corrected chi connectivity index (χ1v) is 18.1. The van der Waals surface area contributed by atoms with Gasteiger partial charge in [0, 0.05) is 30.1 Å². The second kappa shape index (κ2) is 17.3. The van der Waals surface area contributed by atoms with Crippen molar-refractivity contribution in [2.45, 2.75) is 25.5 Å². The van der Waals surface area contributed by atoms with E-state index in [4.69, 9.17) is 18.9 Å². The molecule has 0 saturated carbocycles. The first-order chi connectivity index (χ1) is 26.4. The molecule has 4 aromatic heterocycles. The number of aromatic nitrogens is 8. The average Bonchev–Trinajstić information content (AvgIpc) is 3.87. The van der Waals surface area contributed by atoms with E-state index in [1.54, 1.807) is 32.6 Å². The van der Waals surface area contributed by atoms with E-state index >= 15 is 0 Å². The quantitative estimate of drug-likeness (QED) is 0.0841. The van der Waals surface area contributed by atoms with E-state index in [1.807, 2.05) is 85.1 Å². The maximum Gasteiger partial charge on any atom is 0.343 e. The molecule has 0 aliphatic carbocycles. The first kappa shape index (κ1) is 37.2. The molecular weight excluding hydrogens is 711 g/mol. The molecule has 0 atom stereocenters. The number of esters is 2. The summed E-state index contributed by atoms with van der Waals surface area (Å²) in [6.45, 7) is 4.51. The fraction of sp³-hybridized carbons (Fsp3) is 0.211. The van der Waals surface area contributed by atoms with Crippen molar-refractivity contribution in [3.63, 3.8) is 0 Å². The Morgan fingerprint density at radius 1 is 0.704 bits per heavy atom. The molecule has 0 aliphatic heterocycles. The van der Waals surface area contributed by atoms with E-state index < -0.39 is 11.9 Å². The minimum Gasteiger partial charge on any atom is -0.493 e. The predicted octanol–water partition coefficient (Wildman–Crippen LogP) is 6.29. The topological polar surface area (TPSA) is 169 Å². The van der Waals surface area contributed by atoms with Gasteiger partial charge >= 0.3 is 11.9 Å². The lowest BCUT2D eigenvalue weighted by Gasteiger charge is -2.11. The third-order valence-electron chi connectivity index (χ3n) is 7.83. The number of hydrogen-bond acceptors (Lipinski definition) is 14. The van der Waals surface area contributed by atoms with Crippen molar-refractivity contribution >= 4 is 40.9 Å². The lowest BCUT2D eigenvalue weighted by molar-refractivity contribution is 0.0517. The van der Waals surface area contributed by atoms with Crippen molar-refractivity contribution in [1.82, 2.24) is 39.2 Å². The fourth-order valence-corrected chi connectivity index (χ4v) is 5.74. The van der Waals surface area contributed by atoms with Crippen molar-refractivity contribution in [2.24, 2.45) is 0 Å². The van der Waals surface area contributed by atoms with E-state index in [2.05, 4.69) is 35.5 Å². The molecule has 4 heterocycles. The summed E-state index contributed by atoms with van der Waals surface area (Å²) in [7, 11) is 3.19. The summed E-state index contributed by atoms with van der Waals surface area (Å²) in [6, 6.07) is 24.8. The van der Waals surface area contributed by atoms with Crippen LogP contribution in [0.3, 0.4) is 0 Å². The average molecular weight is 748 g/mol. The Morgan fingerprint density at radius 3 is 1.78 bits per heavy atom.